The number of aryl methyl sites for hydroxylation is 1. The van der Waals surface area contributed by atoms with Crippen molar-refractivity contribution >= 4 is 23.6 Å². The number of nitrogens with one attached hydrogen (secondary N) is 2. The summed E-state index contributed by atoms with van der Waals surface area (Å²) in [5.74, 6) is -0.206. The van der Waals surface area contributed by atoms with Crippen LogP contribution in [0.25, 0.3) is 0 Å². The number of aldehydes is 1. The maximum absolute atomic E-state index is 14.7. The molecular formula is C25H29FN4O3. The Morgan fingerprint density at radius 3 is 2.52 bits per heavy atom. The van der Waals surface area contributed by atoms with Crippen molar-refractivity contribution in [2.45, 2.75) is 32.7 Å². The van der Waals surface area contributed by atoms with Crippen LogP contribution < -0.4 is 21.1 Å². The first kappa shape index (κ1) is 23.8. The Hall–Kier alpha value is -3.81. The SMILES string of the molecule is C/C(C=O)=C(Oc1cccc(N)c1)/C(C(=O)NC1CC1)=C(/Nc1ccc(C)cc1F)N(C)C. The van der Waals surface area contributed by atoms with Gasteiger partial charge in [0.25, 0.3) is 5.91 Å². The first-order valence-electron chi connectivity index (χ1n) is 10.6. The lowest BCUT2D eigenvalue weighted by Gasteiger charge is -2.25. The van der Waals surface area contributed by atoms with Crippen molar-refractivity contribution in [2.24, 2.45) is 0 Å². The highest BCUT2D eigenvalue weighted by Crippen LogP contribution is 2.29. The van der Waals surface area contributed by atoms with Crippen molar-refractivity contribution in [3.63, 3.8) is 0 Å². The molecule has 0 aliphatic heterocycles. The number of ether oxygens (including phenoxy) is 1. The molecule has 1 saturated carbocycles. The van der Waals surface area contributed by atoms with Crippen molar-refractivity contribution in [1.29, 1.82) is 0 Å². The number of carbonyl (C=O) groups is 2. The van der Waals surface area contributed by atoms with E-state index < -0.39 is 11.7 Å². The Morgan fingerprint density at radius 1 is 1.21 bits per heavy atom. The van der Waals surface area contributed by atoms with Crippen LogP contribution in [0.1, 0.15) is 25.3 Å². The Kier molecular flexibility index (Phi) is 7.37. The van der Waals surface area contributed by atoms with Gasteiger partial charge in [0, 0.05) is 37.5 Å². The number of rotatable bonds is 9. The van der Waals surface area contributed by atoms with E-state index in [-0.39, 0.29) is 34.5 Å². The van der Waals surface area contributed by atoms with Crippen LogP contribution in [0.5, 0.6) is 5.75 Å². The third kappa shape index (κ3) is 6.12. The molecular weight excluding hydrogens is 423 g/mol. The third-order valence-electron chi connectivity index (χ3n) is 5.04. The fourth-order valence-corrected chi connectivity index (χ4v) is 3.13. The molecule has 1 aliphatic carbocycles. The average Bonchev–Trinajstić information content (AvgIpc) is 3.57. The summed E-state index contributed by atoms with van der Waals surface area (Å²) < 4.78 is 20.7. The number of benzene rings is 2. The number of anilines is 2. The predicted octanol–water partition coefficient (Wildman–Crippen LogP) is 3.73. The minimum absolute atomic E-state index is 0.0529. The maximum Gasteiger partial charge on any atom is 0.259 e. The molecule has 0 atom stereocenters. The quantitative estimate of drug-likeness (QED) is 0.176. The van der Waals surface area contributed by atoms with Gasteiger partial charge in [-0.3, -0.25) is 9.59 Å². The molecule has 4 N–H and O–H groups in total. The van der Waals surface area contributed by atoms with Gasteiger partial charge in [0.2, 0.25) is 0 Å². The second-order valence-electron chi connectivity index (χ2n) is 8.28. The van der Waals surface area contributed by atoms with E-state index in [0.29, 0.717) is 17.7 Å². The molecule has 0 aromatic heterocycles. The van der Waals surface area contributed by atoms with Crippen LogP contribution in [0.2, 0.25) is 0 Å². The fraction of sp³-hybridized carbons (Fsp3) is 0.280. The summed E-state index contributed by atoms with van der Waals surface area (Å²) in [5.41, 5.74) is 7.58. The predicted molar refractivity (Wildman–Crippen MR) is 127 cm³/mol. The number of hydrogen-bond acceptors (Lipinski definition) is 6. The van der Waals surface area contributed by atoms with E-state index in [4.69, 9.17) is 10.5 Å². The topological polar surface area (TPSA) is 96.7 Å². The summed E-state index contributed by atoms with van der Waals surface area (Å²) >= 11 is 0. The Balaban J connectivity index is 2.17. The van der Waals surface area contributed by atoms with Crippen LogP contribution in [0.15, 0.2) is 65.2 Å². The zero-order valence-corrected chi connectivity index (χ0v) is 19.2. The van der Waals surface area contributed by atoms with Crippen LogP contribution in [-0.2, 0) is 9.59 Å². The number of hydrogen-bond donors (Lipinski definition) is 3. The zero-order valence-electron chi connectivity index (χ0n) is 19.2. The van der Waals surface area contributed by atoms with Gasteiger partial charge in [-0.05, 0) is 56.5 Å². The molecule has 33 heavy (non-hydrogen) atoms. The van der Waals surface area contributed by atoms with E-state index in [1.807, 2.05) is 0 Å². The minimum Gasteiger partial charge on any atom is -0.456 e. The maximum atomic E-state index is 14.7. The lowest BCUT2D eigenvalue weighted by molar-refractivity contribution is -0.117. The van der Waals surface area contributed by atoms with Gasteiger partial charge in [-0.25, -0.2) is 4.39 Å². The van der Waals surface area contributed by atoms with Crippen LogP contribution in [0.4, 0.5) is 15.8 Å². The molecule has 0 spiro atoms. The molecule has 0 radical (unpaired) electrons. The highest BCUT2D eigenvalue weighted by atomic mass is 19.1. The zero-order chi connectivity index (χ0) is 24.1. The van der Waals surface area contributed by atoms with E-state index in [9.17, 15) is 14.0 Å². The lowest BCUT2D eigenvalue weighted by atomic mass is 10.1. The molecule has 2 aromatic rings. The summed E-state index contributed by atoms with van der Waals surface area (Å²) in [6, 6.07) is 11.5. The molecule has 0 saturated heterocycles. The highest BCUT2D eigenvalue weighted by molar-refractivity contribution is 6.00. The number of amides is 1. The molecule has 0 bridgehead atoms. The van der Waals surface area contributed by atoms with Crippen molar-refractivity contribution in [3.8, 4) is 5.75 Å². The molecule has 0 heterocycles. The number of carbonyl (C=O) groups excluding carboxylic acids is 2. The molecule has 7 nitrogen and oxygen atoms in total. The third-order valence-corrected chi connectivity index (χ3v) is 5.04. The van der Waals surface area contributed by atoms with Gasteiger partial charge in [-0.15, -0.1) is 0 Å². The number of allylic oxidation sites excluding steroid dienone is 1. The Bertz CT molecular complexity index is 1120. The minimum atomic E-state index is -0.467. The van der Waals surface area contributed by atoms with Crippen LogP contribution >= 0.6 is 0 Å². The van der Waals surface area contributed by atoms with Crippen molar-refractivity contribution in [2.75, 3.05) is 25.1 Å². The number of halogens is 1. The monoisotopic (exact) mass is 452 g/mol. The summed E-state index contributed by atoms with van der Waals surface area (Å²) in [6.45, 7) is 3.34. The largest absolute Gasteiger partial charge is 0.456 e. The first-order valence-corrected chi connectivity index (χ1v) is 10.6. The Labute approximate surface area is 193 Å². The van der Waals surface area contributed by atoms with Gasteiger partial charge in [-0.1, -0.05) is 12.1 Å². The van der Waals surface area contributed by atoms with E-state index in [0.717, 1.165) is 18.4 Å². The van der Waals surface area contributed by atoms with E-state index in [2.05, 4.69) is 10.6 Å². The van der Waals surface area contributed by atoms with Crippen LogP contribution in [0.3, 0.4) is 0 Å². The van der Waals surface area contributed by atoms with Gasteiger partial charge in [0.05, 0.1) is 5.69 Å². The molecule has 1 aliphatic rings. The van der Waals surface area contributed by atoms with Gasteiger partial charge in [0.15, 0.2) is 0 Å². The summed E-state index contributed by atoms with van der Waals surface area (Å²) in [6.07, 6.45) is 2.36. The van der Waals surface area contributed by atoms with Gasteiger partial charge in [0.1, 0.15) is 35.0 Å². The lowest BCUT2D eigenvalue weighted by Crippen LogP contribution is -2.34. The van der Waals surface area contributed by atoms with Gasteiger partial charge in [-0.2, -0.15) is 0 Å². The summed E-state index contributed by atoms with van der Waals surface area (Å²) in [5, 5.41) is 5.96. The van der Waals surface area contributed by atoms with Crippen LogP contribution in [-0.4, -0.2) is 37.2 Å². The van der Waals surface area contributed by atoms with E-state index in [1.165, 1.54) is 6.07 Å². The fourth-order valence-electron chi connectivity index (χ4n) is 3.13. The van der Waals surface area contributed by atoms with Crippen molar-refractivity contribution < 1.29 is 18.7 Å². The average molecular weight is 453 g/mol. The smallest absolute Gasteiger partial charge is 0.259 e. The second kappa shape index (κ2) is 10.2. The second-order valence-corrected chi connectivity index (χ2v) is 8.28. The molecule has 3 rings (SSSR count). The molecule has 2 aromatic carbocycles. The molecule has 174 valence electrons. The van der Waals surface area contributed by atoms with Crippen molar-refractivity contribution in [1.82, 2.24) is 10.2 Å². The Morgan fingerprint density at radius 2 is 1.94 bits per heavy atom. The molecule has 0 unspecified atom stereocenters. The first-order chi connectivity index (χ1) is 15.7. The number of nitrogens with two attached hydrogens (primary N) is 1. The summed E-state index contributed by atoms with van der Waals surface area (Å²) in [4.78, 5) is 26.8. The van der Waals surface area contributed by atoms with Crippen molar-refractivity contribution in [3.05, 3.63) is 76.6 Å². The number of nitrogens with zero attached hydrogens (tertiary/aromatic N) is 1. The standard InChI is InChI=1S/C25H29FN4O3/c1-15-8-11-21(20(26)12-15)29-24(30(3)4)22(25(32)28-18-9-10-18)23(16(2)14-31)33-19-7-5-6-17(27)13-19/h5-8,11-14,18,29H,9-10,27H2,1-4H3,(H,28,32)/b23-16+,24-22+. The summed E-state index contributed by atoms with van der Waals surface area (Å²) in [7, 11) is 3.43. The van der Waals surface area contributed by atoms with Gasteiger partial charge < -0.3 is 26.0 Å². The molecule has 1 fully saturated rings. The van der Waals surface area contributed by atoms with Crippen LogP contribution in [0, 0.1) is 12.7 Å². The normalized spacial score (nSPS) is 14.6. The van der Waals surface area contributed by atoms with E-state index in [1.54, 1.807) is 69.2 Å². The van der Waals surface area contributed by atoms with E-state index >= 15 is 0 Å². The molecule has 1 amide bonds. The number of nitrogen functional groups attached to an aromatic ring is 1. The molecule has 8 heteroatoms. The van der Waals surface area contributed by atoms with Gasteiger partial charge >= 0.3 is 0 Å². The highest BCUT2D eigenvalue weighted by Gasteiger charge is 2.31.